The van der Waals surface area contributed by atoms with E-state index in [2.05, 4.69) is 0 Å². The van der Waals surface area contributed by atoms with Crippen LogP contribution in [0.15, 0.2) is 42.5 Å². The van der Waals surface area contributed by atoms with Crippen LogP contribution in [0.1, 0.15) is 11.1 Å². The second-order valence-corrected chi connectivity index (χ2v) is 5.29. The molecule has 0 atom stereocenters. The van der Waals surface area contributed by atoms with Gasteiger partial charge in [-0.15, -0.1) is 0 Å². The summed E-state index contributed by atoms with van der Waals surface area (Å²) in [4.78, 5) is 11.0. The normalized spacial score (nSPS) is 11.0. The number of aliphatic carboxylic acids is 1. The van der Waals surface area contributed by atoms with Crippen molar-refractivity contribution >= 4 is 16.9 Å². The van der Waals surface area contributed by atoms with E-state index in [0.29, 0.717) is 10.9 Å². The largest absolute Gasteiger partial charge is 0.508 e. The van der Waals surface area contributed by atoms with Crippen molar-refractivity contribution in [3.63, 3.8) is 0 Å². The molecule has 23 heavy (non-hydrogen) atoms. The van der Waals surface area contributed by atoms with E-state index in [-0.39, 0.29) is 23.6 Å². The summed E-state index contributed by atoms with van der Waals surface area (Å²) in [6.07, 6.45) is -0.435. The molecule has 0 unspecified atom stereocenters. The molecule has 1 aromatic heterocycles. The summed E-state index contributed by atoms with van der Waals surface area (Å²) < 4.78 is 16.0. The lowest BCUT2D eigenvalue weighted by Gasteiger charge is -2.07. The van der Waals surface area contributed by atoms with Crippen LogP contribution in [0, 0.1) is 5.95 Å². The molecular formula is C17H14FNO4. The van der Waals surface area contributed by atoms with Gasteiger partial charge in [0.05, 0.1) is 18.5 Å². The third kappa shape index (κ3) is 2.83. The number of nitrogens with zero attached hydrogens (tertiary/aromatic N) is 1. The lowest BCUT2D eigenvalue weighted by Crippen LogP contribution is -2.06. The van der Waals surface area contributed by atoms with Crippen molar-refractivity contribution in [2.24, 2.45) is 0 Å². The first kappa shape index (κ1) is 14.9. The van der Waals surface area contributed by atoms with Gasteiger partial charge in [0.2, 0.25) is 0 Å². The molecule has 0 aliphatic carbocycles. The van der Waals surface area contributed by atoms with Gasteiger partial charge in [0.25, 0.3) is 0 Å². The summed E-state index contributed by atoms with van der Waals surface area (Å²) in [6, 6.07) is 10.6. The molecule has 6 heteroatoms. The molecule has 0 saturated carbocycles. The van der Waals surface area contributed by atoms with Crippen molar-refractivity contribution < 1.29 is 24.5 Å². The van der Waals surface area contributed by atoms with E-state index in [0.717, 1.165) is 5.56 Å². The lowest BCUT2D eigenvalue weighted by molar-refractivity contribution is -0.136. The Bertz CT molecular complexity index is 884. The van der Waals surface area contributed by atoms with Crippen LogP contribution >= 0.6 is 0 Å². The molecule has 0 spiro atoms. The zero-order valence-corrected chi connectivity index (χ0v) is 12.0. The van der Waals surface area contributed by atoms with Crippen molar-refractivity contribution in [3.8, 4) is 11.5 Å². The number of halogens is 1. The number of rotatable bonds is 4. The molecule has 0 amide bonds. The number of hydrogen-bond acceptors (Lipinski definition) is 3. The number of phenolic OH excluding ortho intramolecular Hbond substituents is 2. The topological polar surface area (TPSA) is 82.7 Å². The van der Waals surface area contributed by atoms with Gasteiger partial charge in [0.1, 0.15) is 11.5 Å². The Kier molecular flexibility index (Phi) is 3.65. The van der Waals surface area contributed by atoms with Gasteiger partial charge in [0.15, 0.2) is 5.95 Å². The van der Waals surface area contributed by atoms with E-state index in [9.17, 15) is 19.4 Å². The van der Waals surface area contributed by atoms with Crippen molar-refractivity contribution in [3.05, 3.63) is 59.5 Å². The average molecular weight is 315 g/mol. The highest BCUT2D eigenvalue weighted by Crippen LogP contribution is 2.29. The minimum Gasteiger partial charge on any atom is -0.508 e. The summed E-state index contributed by atoms with van der Waals surface area (Å²) in [6.45, 7) is 0.158. The molecule has 118 valence electrons. The van der Waals surface area contributed by atoms with Crippen LogP contribution in [-0.2, 0) is 17.8 Å². The Morgan fingerprint density at radius 3 is 2.35 bits per heavy atom. The summed E-state index contributed by atoms with van der Waals surface area (Å²) in [5, 5.41) is 28.4. The Balaban J connectivity index is 2.14. The van der Waals surface area contributed by atoms with E-state index < -0.39 is 18.3 Å². The molecule has 3 rings (SSSR count). The molecule has 0 aliphatic heterocycles. The Morgan fingerprint density at radius 2 is 1.70 bits per heavy atom. The molecule has 5 nitrogen and oxygen atoms in total. The van der Waals surface area contributed by atoms with Crippen molar-refractivity contribution in [1.29, 1.82) is 0 Å². The van der Waals surface area contributed by atoms with Crippen LogP contribution in [0.3, 0.4) is 0 Å². The first-order valence-electron chi connectivity index (χ1n) is 6.95. The highest BCUT2D eigenvalue weighted by Gasteiger charge is 2.19. The number of fused-ring (bicyclic) bond motifs is 1. The molecule has 2 aromatic carbocycles. The van der Waals surface area contributed by atoms with Gasteiger partial charge in [-0.1, -0.05) is 12.1 Å². The molecule has 0 radical (unpaired) electrons. The summed E-state index contributed by atoms with van der Waals surface area (Å²) in [5.74, 6) is -1.68. The number of phenols is 2. The number of aromatic hydroxyl groups is 2. The van der Waals surface area contributed by atoms with Gasteiger partial charge >= 0.3 is 5.97 Å². The van der Waals surface area contributed by atoms with Gasteiger partial charge < -0.3 is 19.9 Å². The number of benzene rings is 2. The monoisotopic (exact) mass is 315 g/mol. The van der Waals surface area contributed by atoms with Gasteiger partial charge in [0, 0.05) is 17.0 Å². The third-order valence-corrected chi connectivity index (χ3v) is 3.69. The van der Waals surface area contributed by atoms with Crippen molar-refractivity contribution in [2.45, 2.75) is 13.0 Å². The van der Waals surface area contributed by atoms with Gasteiger partial charge in [-0.25, -0.2) is 0 Å². The zero-order chi connectivity index (χ0) is 16.6. The maximum absolute atomic E-state index is 14.7. The number of carbonyl (C=O) groups is 1. The number of carboxylic acid groups (broad SMARTS) is 1. The second kappa shape index (κ2) is 5.64. The number of aromatic nitrogens is 1. The Labute approximate surface area is 130 Å². The summed E-state index contributed by atoms with van der Waals surface area (Å²) in [7, 11) is 0. The first-order chi connectivity index (χ1) is 11.0. The van der Waals surface area contributed by atoms with E-state index in [4.69, 9.17) is 5.11 Å². The van der Waals surface area contributed by atoms with Gasteiger partial charge in [-0.2, -0.15) is 4.39 Å². The molecule has 0 fully saturated rings. The van der Waals surface area contributed by atoms with Crippen LogP contribution in [0.5, 0.6) is 11.5 Å². The first-order valence-corrected chi connectivity index (χ1v) is 6.95. The standard InChI is InChI=1S/C17H14FNO4/c18-17-14(8-16(22)23)13-6-5-12(21)7-15(13)19(17)9-10-1-3-11(20)4-2-10/h1-7,20-21H,8-9H2,(H,22,23). The van der Waals surface area contributed by atoms with E-state index >= 15 is 0 Å². The second-order valence-electron chi connectivity index (χ2n) is 5.29. The average Bonchev–Trinajstić information content (AvgIpc) is 2.74. The summed E-state index contributed by atoms with van der Waals surface area (Å²) >= 11 is 0. The van der Waals surface area contributed by atoms with Crippen LogP contribution in [-0.4, -0.2) is 25.9 Å². The SMILES string of the molecule is O=C(O)Cc1c(F)n(Cc2ccc(O)cc2)c2cc(O)ccc12. The fraction of sp³-hybridized carbons (Fsp3) is 0.118. The minimum absolute atomic E-state index is 0.0242. The molecule has 3 aromatic rings. The highest BCUT2D eigenvalue weighted by atomic mass is 19.1. The number of carboxylic acids is 1. The predicted octanol–water partition coefficient (Wildman–Crippen LogP) is 2.87. The lowest BCUT2D eigenvalue weighted by atomic mass is 10.1. The van der Waals surface area contributed by atoms with E-state index in [1.54, 1.807) is 12.1 Å². The van der Waals surface area contributed by atoms with Crippen LogP contribution in [0.2, 0.25) is 0 Å². The Morgan fingerprint density at radius 1 is 1.04 bits per heavy atom. The van der Waals surface area contributed by atoms with Crippen LogP contribution in [0.4, 0.5) is 4.39 Å². The molecule has 0 bridgehead atoms. The highest BCUT2D eigenvalue weighted by molar-refractivity contribution is 5.88. The Hall–Kier alpha value is -3.02. The van der Waals surface area contributed by atoms with Crippen molar-refractivity contribution in [2.75, 3.05) is 0 Å². The van der Waals surface area contributed by atoms with E-state index in [1.807, 2.05) is 0 Å². The zero-order valence-electron chi connectivity index (χ0n) is 12.0. The maximum Gasteiger partial charge on any atom is 0.308 e. The maximum atomic E-state index is 14.7. The smallest absolute Gasteiger partial charge is 0.308 e. The van der Waals surface area contributed by atoms with Crippen LogP contribution < -0.4 is 0 Å². The fourth-order valence-electron chi connectivity index (χ4n) is 2.64. The van der Waals surface area contributed by atoms with Crippen LogP contribution in [0.25, 0.3) is 10.9 Å². The fourth-order valence-corrected chi connectivity index (χ4v) is 2.64. The minimum atomic E-state index is -1.12. The van der Waals surface area contributed by atoms with Crippen molar-refractivity contribution in [1.82, 2.24) is 4.57 Å². The predicted molar refractivity (Wildman–Crippen MR) is 82.1 cm³/mol. The number of hydrogen-bond donors (Lipinski definition) is 3. The quantitative estimate of drug-likeness (QED) is 0.691. The van der Waals surface area contributed by atoms with E-state index in [1.165, 1.54) is 34.9 Å². The van der Waals surface area contributed by atoms with Gasteiger partial charge in [-0.05, 0) is 29.8 Å². The summed E-state index contributed by atoms with van der Waals surface area (Å²) in [5.41, 5.74) is 1.25. The van der Waals surface area contributed by atoms with Gasteiger partial charge in [-0.3, -0.25) is 4.79 Å². The molecular weight excluding hydrogens is 301 g/mol. The molecule has 1 heterocycles. The molecule has 0 saturated heterocycles. The molecule has 0 aliphatic rings. The molecule has 3 N–H and O–H groups in total. The third-order valence-electron chi connectivity index (χ3n) is 3.69.